The molecular formula is C49H79NO8S. The Morgan fingerprint density at radius 2 is 1.61 bits per heavy atom. The highest BCUT2D eigenvalue weighted by molar-refractivity contribution is 7.89. The molecule has 5 aliphatic rings. The fourth-order valence-electron chi connectivity index (χ4n) is 13.6. The number of nitrogens with one attached hydrogen (secondary N) is 1. The summed E-state index contributed by atoms with van der Waals surface area (Å²) in [5, 5.41) is 0. The van der Waals surface area contributed by atoms with Crippen molar-refractivity contribution in [1.29, 1.82) is 0 Å². The second-order valence-electron chi connectivity index (χ2n) is 21.3. The van der Waals surface area contributed by atoms with Crippen LogP contribution in [-0.2, 0) is 38.5 Å². The van der Waals surface area contributed by atoms with Crippen LogP contribution in [0.5, 0.6) is 0 Å². The van der Waals surface area contributed by atoms with Gasteiger partial charge in [-0.25, -0.2) is 13.1 Å². The molecule has 59 heavy (non-hydrogen) atoms. The lowest BCUT2D eigenvalue weighted by atomic mass is 9.34. The van der Waals surface area contributed by atoms with Gasteiger partial charge >= 0.3 is 5.97 Å². The summed E-state index contributed by atoms with van der Waals surface area (Å²) in [4.78, 5) is 14.9. The van der Waals surface area contributed by atoms with E-state index in [0.29, 0.717) is 57.0 Å². The van der Waals surface area contributed by atoms with Crippen molar-refractivity contribution in [2.24, 2.45) is 56.7 Å². The smallest absolute Gasteiger partial charge is 0.310 e. The first-order chi connectivity index (χ1) is 27.7. The first-order valence-electron chi connectivity index (χ1n) is 22.9. The van der Waals surface area contributed by atoms with Gasteiger partial charge in [-0.05, 0) is 122 Å². The van der Waals surface area contributed by atoms with Gasteiger partial charge in [-0.2, -0.15) is 0 Å². The molecule has 10 atom stereocenters. The molecule has 1 aromatic carbocycles. The summed E-state index contributed by atoms with van der Waals surface area (Å²) in [6.07, 6.45) is 10.6. The fourth-order valence-corrected chi connectivity index (χ4v) is 15.1. The summed E-state index contributed by atoms with van der Waals surface area (Å²) in [7, 11) is -0.181. The minimum Gasteiger partial charge on any atom is -0.465 e. The van der Waals surface area contributed by atoms with Gasteiger partial charge in [0.25, 0.3) is 0 Å². The van der Waals surface area contributed by atoms with Crippen molar-refractivity contribution >= 4 is 16.0 Å². The van der Waals surface area contributed by atoms with Gasteiger partial charge in [0.05, 0.1) is 48.4 Å². The topological polar surface area (TPSA) is 109 Å². The van der Waals surface area contributed by atoms with Gasteiger partial charge in [-0.3, -0.25) is 4.79 Å². The number of methoxy groups -OCH3 is 2. The lowest BCUT2D eigenvalue weighted by molar-refractivity contribution is -0.226. The summed E-state index contributed by atoms with van der Waals surface area (Å²) in [6, 6.07) is 7.00. The number of allylic oxidation sites excluding steroid dienone is 1. The minimum absolute atomic E-state index is 0.000656. The van der Waals surface area contributed by atoms with Crippen LogP contribution in [0.1, 0.15) is 132 Å². The van der Waals surface area contributed by atoms with Crippen LogP contribution in [0.15, 0.2) is 40.8 Å². The van der Waals surface area contributed by atoms with E-state index in [1.54, 1.807) is 19.2 Å². The number of hydrogen-bond donors (Lipinski definition) is 1. The van der Waals surface area contributed by atoms with E-state index in [1.807, 2.05) is 26.2 Å². The van der Waals surface area contributed by atoms with Gasteiger partial charge in [-0.15, -0.1) is 0 Å². The third-order valence-corrected chi connectivity index (χ3v) is 19.2. The van der Waals surface area contributed by atoms with Crippen LogP contribution in [-0.4, -0.2) is 79.4 Å². The average Bonchev–Trinajstić information content (AvgIpc) is 3.18. The van der Waals surface area contributed by atoms with Crippen LogP contribution in [0.3, 0.4) is 0 Å². The molecule has 3 saturated carbocycles. The zero-order valence-electron chi connectivity index (χ0n) is 38.7. The number of hydrogen-bond acceptors (Lipinski definition) is 8. The first kappa shape index (κ1) is 46.7. The Balaban J connectivity index is 1.34. The van der Waals surface area contributed by atoms with E-state index in [9.17, 15) is 13.2 Å². The number of fused-ring (bicyclic) bond motifs is 5. The van der Waals surface area contributed by atoms with Gasteiger partial charge < -0.3 is 23.7 Å². The highest BCUT2D eigenvalue weighted by Gasteiger charge is 2.70. The van der Waals surface area contributed by atoms with Gasteiger partial charge in [-0.1, -0.05) is 98.1 Å². The Labute approximate surface area is 357 Å². The normalized spacial score (nSPS) is 37.1. The van der Waals surface area contributed by atoms with Crippen molar-refractivity contribution in [3.63, 3.8) is 0 Å². The third kappa shape index (κ3) is 8.04. The Kier molecular flexibility index (Phi) is 13.8. The van der Waals surface area contributed by atoms with E-state index in [4.69, 9.17) is 23.7 Å². The highest BCUT2D eigenvalue weighted by atomic mass is 32.2. The van der Waals surface area contributed by atoms with Crippen LogP contribution >= 0.6 is 0 Å². The molecule has 10 heteroatoms. The van der Waals surface area contributed by atoms with Crippen LogP contribution < -0.4 is 4.72 Å². The SMILES string of the molecule is CCCCOC(=O)[C@@H]1[C@@](C)([C@H](C)C(C)C)CC[C@]2(C)[C@H]3CC[C@H]4C(C)(C)[C@@H](OCC5(NS(=O)(=O)c6ccc(C)cc6)CCOCC5)[C@H](OC)C[C@]4(COC)C3=CC[C@@]12C. The maximum absolute atomic E-state index is 14.6. The van der Waals surface area contributed by atoms with Gasteiger partial charge in [0, 0.05) is 32.8 Å². The zero-order chi connectivity index (χ0) is 43.2. The molecule has 1 heterocycles. The van der Waals surface area contributed by atoms with E-state index < -0.39 is 15.6 Å². The molecule has 0 unspecified atom stereocenters. The third-order valence-electron chi connectivity index (χ3n) is 17.6. The molecule has 1 saturated heterocycles. The monoisotopic (exact) mass is 842 g/mol. The van der Waals surface area contributed by atoms with Crippen molar-refractivity contribution in [3.05, 3.63) is 41.5 Å². The molecule has 1 N–H and O–H groups in total. The van der Waals surface area contributed by atoms with Crippen molar-refractivity contribution in [2.45, 2.75) is 156 Å². The number of carbonyl (C=O) groups excluding carboxylic acids is 1. The van der Waals surface area contributed by atoms with E-state index >= 15 is 0 Å². The zero-order valence-corrected chi connectivity index (χ0v) is 39.5. The number of sulfonamides is 1. The summed E-state index contributed by atoms with van der Waals surface area (Å²) in [5.74, 6) is 1.15. The Morgan fingerprint density at radius 3 is 2.22 bits per heavy atom. The fraction of sp³-hybridized carbons (Fsp3) is 0.816. The lowest BCUT2D eigenvalue weighted by Gasteiger charge is -2.70. The van der Waals surface area contributed by atoms with E-state index in [0.717, 1.165) is 56.9 Å². The molecule has 0 radical (unpaired) electrons. The van der Waals surface area contributed by atoms with E-state index in [1.165, 1.54) is 5.57 Å². The van der Waals surface area contributed by atoms with Gasteiger partial charge in [0.1, 0.15) is 0 Å². The largest absolute Gasteiger partial charge is 0.465 e. The number of esters is 1. The van der Waals surface area contributed by atoms with Crippen LogP contribution in [0, 0.1) is 63.6 Å². The highest BCUT2D eigenvalue weighted by Crippen LogP contribution is 2.74. The standard InChI is InChI=1S/C49H79NO8S/c1-13-14-27-57-43(51)41-45(8,35(5)33(2)3)23-24-46(9)37-19-20-40-44(6,7)42(39(55-12)30-49(40,32-54-11)38(37)21-22-47(41,46)10)58-31-48(25-28-56-29-26-48)50-59(52,53)36-17-15-34(4)16-18-36/h15-18,21,33,35,37,39-42,50H,13-14,19-20,22-32H2,1-12H3/t35-,37+,39-,40+,41-,42+,45-,46-,47+,49+/m1/s1. The van der Waals surface area contributed by atoms with Gasteiger partial charge in [0.15, 0.2) is 0 Å². The van der Waals surface area contributed by atoms with E-state index in [-0.39, 0.29) is 68.6 Å². The molecule has 4 aliphatic carbocycles. The van der Waals surface area contributed by atoms with Crippen molar-refractivity contribution < 1.29 is 36.9 Å². The van der Waals surface area contributed by atoms with Crippen LogP contribution in [0.2, 0.25) is 0 Å². The molecule has 4 fully saturated rings. The quantitative estimate of drug-likeness (QED) is 0.106. The molecule has 334 valence electrons. The lowest BCUT2D eigenvalue weighted by Crippen LogP contribution is -2.67. The summed E-state index contributed by atoms with van der Waals surface area (Å²) in [5.41, 5.74) is 0.516. The Hall–Kier alpha value is -1.82. The van der Waals surface area contributed by atoms with E-state index in [2.05, 4.69) is 73.1 Å². The predicted octanol–water partition coefficient (Wildman–Crippen LogP) is 9.71. The number of rotatable bonds is 15. The van der Waals surface area contributed by atoms with Crippen LogP contribution in [0.4, 0.5) is 0 Å². The summed E-state index contributed by atoms with van der Waals surface area (Å²) < 4.78 is 62.6. The number of benzene rings is 1. The molecule has 0 bridgehead atoms. The molecule has 0 amide bonds. The number of unbranched alkanes of at least 4 members (excludes halogenated alkanes) is 1. The first-order valence-corrected chi connectivity index (χ1v) is 24.4. The molecule has 6 rings (SSSR count). The summed E-state index contributed by atoms with van der Waals surface area (Å²) in [6.45, 7) is 25.3. The average molecular weight is 842 g/mol. The molecule has 1 aromatic rings. The molecule has 0 aromatic heterocycles. The maximum atomic E-state index is 14.6. The second-order valence-corrected chi connectivity index (χ2v) is 23.0. The second kappa shape index (κ2) is 17.4. The number of ether oxygens (including phenoxy) is 5. The molecule has 9 nitrogen and oxygen atoms in total. The Morgan fingerprint density at radius 1 is 0.932 bits per heavy atom. The van der Waals surface area contributed by atoms with Crippen molar-refractivity contribution in [1.82, 2.24) is 4.72 Å². The molecule has 0 spiro atoms. The number of aryl methyl sites for hydroxylation is 1. The molecule has 1 aliphatic heterocycles. The predicted molar refractivity (Wildman–Crippen MR) is 233 cm³/mol. The minimum atomic E-state index is -3.81. The molecular weight excluding hydrogens is 763 g/mol. The Bertz CT molecular complexity index is 1770. The summed E-state index contributed by atoms with van der Waals surface area (Å²) >= 11 is 0. The van der Waals surface area contributed by atoms with Crippen molar-refractivity contribution in [3.8, 4) is 0 Å². The van der Waals surface area contributed by atoms with Crippen molar-refractivity contribution in [2.75, 3.05) is 47.3 Å². The maximum Gasteiger partial charge on any atom is 0.310 e. The number of carbonyl (C=O) groups is 1. The van der Waals surface area contributed by atoms with Crippen LogP contribution in [0.25, 0.3) is 0 Å². The van der Waals surface area contributed by atoms with Gasteiger partial charge in [0.2, 0.25) is 10.0 Å².